The van der Waals surface area contributed by atoms with Crippen LogP contribution in [0.4, 0.5) is 0 Å². The van der Waals surface area contributed by atoms with Crippen molar-refractivity contribution < 1.29 is 69.4 Å². The molecule has 1 aromatic heterocycles. The maximum Gasteiger partial charge on any atom is 0.336 e. The SMILES string of the molecule is CC(=O)NC1C(Oc2ccccc2-c2ccc(-c3cc(OC4OC(CO)C(O)C(O)C4O)c4ncccc4c3)c(C(=O)O)c2)OC(CO)C(O)C1O. The molecule has 4 aromatic rings. The number of carboxylic acids is 1. The third kappa shape index (κ3) is 7.29. The van der Waals surface area contributed by atoms with Crippen molar-refractivity contribution in [1.82, 2.24) is 10.3 Å². The number of hydrogen-bond acceptors (Lipinski definition) is 14. The molecular weight excluding hydrogens is 684 g/mol. The fourth-order valence-corrected chi connectivity index (χ4v) is 6.34. The topological polar surface area (TPSA) is 258 Å². The molecule has 3 aromatic carbocycles. The van der Waals surface area contributed by atoms with Crippen LogP contribution in [0.25, 0.3) is 33.2 Å². The van der Waals surface area contributed by atoms with E-state index in [1.165, 1.54) is 25.3 Å². The number of carbonyl (C=O) groups is 2. The number of hydrogen-bond donors (Lipinski definition) is 9. The lowest BCUT2D eigenvalue weighted by Gasteiger charge is -2.42. The number of aliphatic hydroxyl groups excluding tert-OH is 7. The number of aliphatic hydroxyl groups is 7. The second kappa shape index (κ2) is 15.5. The average molecular weight is 723 g/mol. The fourth-order valence-electron chi connectivity index (χ4n) is 6.34. The first-order chi connectivity index (χ1) is 24.9. The summed E-state index contributed by atoms with van der Waals surface area (Å²) in [4.78, 5) is 29.1. The van der Waals surface area contributed by atoms with Crippen molar-refractivity contribution in [1.29, 1.82) is 0 Å². The number of pyridine rings is 1. The van der Waals surface area contributed by atoms with Gasteiger partial charge in [0.2, 0.25) is 18.5 Å². The molecule has 0 saturated carbocycles. The molecule has 2 aliphatic rings. The molecule has 2 fully saturated rings. The molecule has 10 unspecified atom stereocenters. The molecule has 10 atom stereocenters. The van der Waals surface area contributed by atoms with Gasteiger partial charge in [-0.2, -0.15) is 0 Å². The van der Waals surface area contributed by atoms with Gasteiger partial charge in [-0.25, -0.2) is 4.79 Å². The number of amides is 1. The number of aromatic nitrogens is 1. The second-order valence-corrected chi connectivity index (χ2v) is 12.5. The molecule has 2 saturated heterocycles. The van der Waals surface area contributed by atoms with Crippen molar-refractivity contribution in [3.8, 4) is 33.8 Å². The Balaban J connectivity index is 1.37. The van der Waals surface area contributed by atoms with E-state index in [2.05, 4.69) is 10.3 Å². The van der Waals surface area contributed by atoms with Gasteiger partial charge >= 0.3 is 5.97 Å². The molecular formula is C36H38N2O14. The molecule has 1 amide bonds. The molecule has 2 aliphatic heterocycles. The van der Waals surface area contributed by atoms with Gasteiger partial charge in [-0.3, -0.25) is 9.78 Å². The number of benzene rings is 3. The van der Waals surface area contributed by atoms with Crippen LogP contribution in [0, 0.1) is 0 Å². The zero-order valence-electron chi connectivity index (χ0n) is 27.6. The third-order valence-corrected chi connectivity index (χ3v) is 9.01. The molecule has 0 radical (unpaired) electrons. The number of nitrogens with zero attached hydrogens (tertiary/aromatic N) is 1. The third-order valence-electron chi connectivity index (χ3n) is 9.01. The quantitative estimate of drug-likeness (QED) is 0.102. The van der Waals surface area contributed by atoms with Gasteiger partial charge in [-0.1, -0.05) is 36.4 Å². The van der Waals surface area contributed by atoms with Gasteiger partial charge in [0.25, 0.3) is 0 Å². The minimum absolute atomic E-state index is 0.0614. The van der Waals surface area contributed by atoms with Crippen LogP contribution in [0.15, 0.2) is 72.9 Å². The van der Waals surface area contributed by atoms with Crippen LogP contribution in [-0.4, -0.2) is 132 Å². The zero-order valence-corrected chi connectivity index (χ0v) is 27.6. The first kappa shape index (κ1) is 37.0. The Labute approximate surface area is 296 Å². The highest BCUT2D eigenvalue weighted by atomic mass is 16.7. The predicted molar refractivity (Wildman–Crippen MR) is 180 cm³/mol. The molecule has 9 N–H and O–H groups in total. The molecule has 0 aliphatic carbocycles. The minimum Gasteiger partial charge on any atom is -0.478 e. The van der Waals surface area contributed by atoms with Gasteiger partial charge in [-0.05, 0) is 47.0 Å². The molecule has 3 heterocycles. The van der Waals surface area contributed by atoms with E-state index in [1.807, 2.05) is 0 Å². The average Bonchev–Trinajstić information content (AvgIpc) is 3.14. The summed E-state index contributed by atoms with van der Waals surface area (Å²) >= 11 is 0. The largest absolute Gasteiger partial charge is 0.478 e. The molecule has 0 spiro atoms. The van der Waals surface area contributed by atoms with Gasteiger partial charge in [0.05, 0.1) is 18.8 Å². The smallest absolute Gasteiger partial charge is 0.336 e. The maximum absolute atomic E-state index is 12.8. The monoisotopic (exact) mass is 722 g/mol. The van der Waals surface area contributed by atoms with Crippen molar-refractivity contribution in [3.05, 3.63) is 78.5 Å². The molecule has 16 nitrogen and oxygen atoms in total. The first-order valence-corrected chi connectivity index (χ1v) is 16.3. The summed E-state index contributed by atoms with van der Waals surface area (Å²) in [7, 11) is 0. The van der Waals surface area contributed by atoms with Gasteiger partial charge < -0.3 is 65.1 Å². The van der Waals surface area contributed by atoms with E-state index < -0.39 is 86.4 Å². The lowest BCUT2D eigenvalue weighted by molar-refractivity contribution is -0.277. The van der Waals surface area contributed by atoms with Crippen LogP contribution in [0.2, 0.25) is 0 Å². The van der Waals surface area contributed by atoms with Crippen molar-refractivity contribution in [2.24, 2.45) is 0 Å². The zero-order chi connectivity index (χ0) is 37.3. The van der Waals surface area contributed by atoms with Gasteiger partial charge in [0.1, 0.15) is 65.8 Å². The minimum atomic E-state index is -1.70. The summed E-state index contributed by atoms with van der Waals surface area (Å²) in [5, 5.41) is 85.0. The summed E-state index contributed by atoms with van der Waals surface area (Å²) in [6, 6.07) is 16.6. The Morgan fingerprint density at radius 2 is 1.40 bits per heavy atom. The maximum atomic E-state index is 12.8. The van der Waals surface area contributed by atoms with E-state index in [-0.39, 0.29) is 22.6 Å². The lowest BCUT2D eigenvalue weighted by atomic mass is 9.93. The highest BCUT2D eigenvalue weighted by molar-refractivity contribution is 6.00. The van der Waals surface area contributed by atoms with Crippen LogP contribution in [0.1, 0.15) is 17.3 Å². The van der Waals surface area contributed by atoms with E-state index >= 15 is 0 Å². The number of rotatable bonds is 10. The summed E-state index contributed by atoms with van der Waals surface area (Å²) in [5.41, 5.74) is 1.67. The number of carboxylic acid groups (broad SMARTS) is 1. The lowest BCUT2D eigenvalue weighted by Crippen LogP contribution is -2.65. The Morgan fingerprint density at radius 3 is 2.10 bits per heavy atom. The number of para-hydroxylation sites is 1. The van der Waals surface area contributed by atoms with E-state index in [0.717, 1.165) is 0 Å². The van der Waals surface area contributed by atoms with E-state index in [9.17, 15) is 50.4 Å². The van der Waals surface area contributed by atoms with Crippen molar-refractivity contribution in [2.75, 3.05) is 13.2 Å². The van der Waals surface area contributed by atoms with E-state index in [1.54, 1.807) is 54.6 Å². The van der Waals surface area contributed by atoms with E-state index in [0.29, 0.717) is 27.6 Å². The highest BCUT2D eigenvalue weighted by Crippen LogP contribution is 2.39. The van der Waals surface area contributed by atoms with Crippen LogP contribution in [0.5, 0.6) is 11.5 Å². The summed E-state index contributed by atoms with van der Waals surface area (Å²) < 4.78 is 23.4. The Hall–Kier alpha value is -4.75. The standard InChI is InChI=1S/C36H38N2O14/c1-16(41)38-28-31(44)29(42)25(14-39)51-35(28)49-23-7-3-2-6-21(23)17-8-9-20(22(12-17)34(47)48)19-11-18-5-4-10-37-27(18)24(13-19)50-36-33(46)32(45)30(43)26(15-40)52-36/h2-13,25-26,28-33,35-36,39-40,42-46H,14-15H2,1H3,(H,38,41)(H,47,48). The Morgan fingerprint density at radius 1 is 0.731 bits per heavy atom. The van der Waals surface area contributed by atoms with Gasteiger partial charge in [0, 0.05) is 24.1 Å². The number of carbonyl (C=O) groups excluding carboxylic acids is 1. The predicted octanol–water partition coefficient (Wildman–Crippen LogP) is -0.232. The number of ether oxygens (including phenoxy) is 4. The number of aromatic carboxylic acids is 1. The van der Waals surface area contributed by atoms with Crippen LogP contribution >= 0.6 is 0 Å². The molecule has 16 heteroatoms. The number of nitrogens with one attached hydrogen (secondary N) is 1. The highest BCUT2D eigenvalue weighted by Gasteiger charge is 2.47. The Bertz CT molecular complexity index is 1920. The number of fused-ring (bicyclic) bond motifs is 1. The van der Waals surface area contributed by atoms with Gasteiger partial charge in [-0.15, -0.1) is 0 Å². The second-order valence-electron chi connectivity index (χ2n) is 12.5. The molecule has 0 bridgehead atoms. The van der Waals surface area contributed by atoms with Gasteiger partial charge in [0.15, 0.2) is 0 Å². The van der Waals surface area contributed by atoms with Crippen molar-refractivity contribution >= 4 is 22.8 Å². The van der Waals surface area contributed by atoms with E-state index in [4.69, 9.17) is 18.9 Å². The molecule has 52 heavy (non-hydrogen) atoms. The molecule has 276 valence electrons. The van der Waals surface area contributed by atoms with Crippen molar-refractivity contribution in [2.45, 2.75) is 68.3 Å². The normalized spacial score (nSPS) is 29.0. The summed E-state index contributed by atoms with van der Waals surface area (Å²) in [6.45, 7) is -0.0893. The fraction of sp³-hybridized carbons (Fsp3) is 0.361. The van der Waals surface area contributed by atoms with Crippen molar-refractivity contribution in [3.63, 3.8) is 0 Å². The molecule has 6 rings (SSSR count). The van der Waals surface area contributed by atoms with Crippen LogP contribution < -0.4 is 14.8 Å². The Kier molecular flexibility index (Phi) is 11.0. The van der Waals surface area contributed by atoms with Crippen LogP contribution in [0.3, 0.4) is 0 Å². The summed E-state index contributed by atoms with van der Waals surface area (Å²) in [5.74, 6) is -1.57. The first-order valence-electron chi connectivity index (χ1n) is 16.3. The van der Waals surface area contributed by atoms with Crippen LogP contribution in [-0.2, 0) is 14.3 Å². The summed E-state index contributed by atoms with van der Waals surface area (Å²) in [6.07, 6.45) is -11.9.